The number of rotatable bonds is 3. The minimum absolute atomic E-state index is 0.0180. The first-order valence-electron chi connectivity index (χ1n) is 8.72. The molecule has 0 saturated carbocycles. The van der Waals surface area contributed by atoms with Gasteiger partial charge >= 0.3 is 5.97 Å². The van der Waals surface area contributed by atoms with Crippen LogP contribution in [0.1, 0.15) is 34.1 Å². The van der Waals surface area contributed by atoms with Crippen molar-refractivity contribution in [2.75, 3.05) is 12.4 Å². The minimum Gasteiger partial charge on any atom is -0.465 e. The molecule has 27 heavy (non-hydrogen) atoms. The summed E-state index contributed by atoms with van der Waals surface area (Å²) in [5, 5.41) is 12.1. The summed E-state index contributed by atoms with van der Waals surface area (Å²) in [5.41, 5.74) is 5.49. The summed E-state index contributed by atoms with van der Waals surface area (Å²) in [5.74, 6) is -0.353. The number of para-hydroxylation sites is 1. The lowest BCUT2D eigenvalue weighted by atomic mass is 9.96. The van der Waals surface area contributed by atoms with Gasteiger partial charge in [-0.15, -0.1) is 5.10 Å². The van der Waals surface area contributed by atoms with Gasteiger partial charge in [0.2, 0.25) is 0 Å². The van der Waals surface area contributed by atoms with E-state index in [0.717, 1.165) is 45.6 Å². The Morgan fingerprint density at radius 2 is 2.11 bits per heavy atom. The van der Waals surface area contributed by atoms with Gasteiger partial charge < -0.3 is 10.1 Å². The van der Waals surface area contributed by atoms with E-state index in [-0.39, 0.29) is 12.0 Å². The average Bonchev–Trinajstić information content (AvgIpc) is 2.97. The molecule has 1 unspecified atom stereocenters. The third-order valence-corrected chi connectivity index (χ3v) is 5.33. The van der Waals surface area contributed by atoms with Crippen molar-refractivity contribution in [3.8, 4) is 11.3 Å². The van der Waals surface area contributed by atoms with Crippen LogP contribution >= 0.6 is 15.9 Å². The molecule has 1 aliphatic rings. The average molecular weight is 427 g/mol. The largest absolute Gasteiger partial charge is 0.465 e. The first kappa shape index (κ1) is 17.7. The minimum atomic E-state index is -0.353. The smallest absolute Gasteiger partial charge is 0.339 e. The molecule has 0 bridgehead atoms. The molecule has 2 aromatic carbocycles. The van der Waals surface area contributed by atoms with Crippen LogP contribution in [-0.2, 0) is 11.3 Å². The lowest BCUT2D eigenvalue weighted by Gasteiger charge is -2.22. The molecule has 0 saturated heterocycles. The van der Waals surface area contributed by atoms with Crippen molar-refractivity contribution in [1.82, 2.24) is 15.0 Å². The molecule has 1 aliphatic heterocycles. The molecule has 1 aromatic heterocycles. The van der Waals surface area contributed by atoms with Gasteiger partial charge in [0.05, 0.1) is 30.1 Å². The highest BCUT2D eigenvalue weighted by molar-refractivity contribution is 9.10. The predicted molar refractivity (Wildman–Crippen MR) is 107 cm³/mol. The molecule has 4 rings (SSSR count). The fraction of sp³-hybridized carbons (Fsp3) is 0.250. The van der Waals surface area contributed by atoms with Gasteiger partial charge in [0.1, 0.15) is 0 Å². The summed E-state index contributed by atoms with van der Waals surface area (Å²) in [4.78, 5) is 12.1. The number of nitrogens with zero attached hydrogens (tertiary/aromatic N) is 3. The Morgan fingerprint density at radius 3 is 2.93 bits per heavy atom. The van der Waals surface area contributed by atoms with Crippen LogP contribution in [0.3, 0.4) is 0 Å². The lowest BCUT2D eigenvalue weighted by Crippen LogP contribution is -2.15. The summed E-state index contributed by atoms with van der Waals surface area (Å²) in [7, 11) is 1.39. The van der Waals surface area contributed by atoms with Crippen LogP contribution < -0.4 is 5.32 Å². The third-order valence-electron chi connectivity index (χ3n) is 4.84. The van der Waals surface area contributed by atoms with Crippen molar-refractivity contribution in [3.05, 3.63) is 63.8 Å². The SMILES string of the molecule is COC(=O)c1ccccc1NC1CCn2nnc(C)c2-c2ccc(Br)cc21. The van der Waals surface area contributed by atoms with Gasteiger partial charge in [-0.2, -0.15) is 0 Å². The molecule has 3 aromatic rings. The molecular formula is C20H19BrN4O2. The zero-order valence-electron chi connectivity index (χ0n) is 15.1. The van der Waals surface area contributed by atoms with E-state index in [2.05, 4.69) is 43.7 Å². The highest BCUT2D eigenvalue weighted by atomic mass is 79.9. The van der Waals surface area contributed by atoms with Gasteiger partial charge in [-0.25, -0.2) is 9.48 Å². The number of methoxy groups -OCH3 is 1. The second-order valence-electron chi connectivity index (χ2n) is 6.50. The van der Waals surface area contributed by atoms with Gasteiger partial charge in [0.15, 0.2) is 0 Å². The molecule has 0 radical (unpaired) electrons. The normalized spacial score (nSPS) is 15.4. The third kappa shape index (κ3) is 3.23. The Balaban J connectivity index is 1.79. The number of esters is 1. The maximum atomic E-state index is 12.1. The number of nitrogens with one attached hydrogen (secondary N) is 1. The number of hydrogen-bond donors (Lipinski definition) is 1. The van der Waals surface area contributed by atoms with Crippen molar-refractivity contribution in [3.63, 3.8) is 0 Å². The van der Waals surface area contributed by atoms with Crippen molar-refractivity contribution in [2.45, 2.75) is 25.9 Å². The van der Waals surface area contributed by atoms with Gasteiger partial charge in [0, 0.05) is 22.3 Å². The monoisotopic (exact) mass is 426 g/mol. The molecule has 7 heteroatoms. The highest BCUT2D eigenvalue weighted by Gasteiger charge is 2.26. The lowest BCUT2D eigenvalue weighted by molar-refractivity contribution is 0.0602. The second-order valence-corrected chi connectivity index (χ2v) is 7.42. The van der Waals surface area contributed by atoms with E-state index in [0.29, 0.717) is 5.56 Å². The molecule has 0 amide bonds. The van der Waals surface area contributed by atoms with Crippen molar-refractivity contribution >= 4 is 27.6 Å². The molecule has 6 nitrogen and oxygen atoms in total. The van der Waals surface area contributed by atoms with E-state index in [9.17, 15) is 4.79 Å². The number of ether oxygens (including phenoxy) is 1. The number of carbonyl (C=O) groups is 1. The number of aryl methyl sites for hydroxylation is 2. The first-order chi connectivity index (χ1) is 13.1. The zero-order valence-corrected chi connectivity index (χ0v) is 16.7. The van der Waals surface area contributed by atoms with E-state index in [1.165, 1.54) is 7.11 Å². The standard InChI is InChI=1S/C20H19BrN4O2/c1-12-19-14-8-7-13(21)11-16(14)18(9-10-25(19)24-23-12)22-17-6-4-3-5-15(17)20(26)27-2/h3-8,11,18,22H,9-10H2,1-2H3. The van der Waals surface area contributed by atoms with Crippen LogP contribution in [0.5, 0.6) is 0 Å². The van der Waals surface area contributed by atoms with Gasteiger partial charge in [-0.1, -0.05) is 39.3 Å². The maximum Gasteiger partial charge on any atom is 0.339 e. The van der Waals surface area contributed by atoms with Crippen molar-refractivity contribution in [1.29, 1.82) is 0 Å². The Bertz CT molecular complexity index is 1010. The summed E-state index contributed by atoms with van der Waals surface area (Å²) < 4.78 is 7.89. The van der Waals surface area contributed by atoms with Crippen LogP contribution in [0.15, 0.2) is 46.9 Å². The molecule has 138 valence electrons. The fourth-order valence-corrected chi connectivity index (χ4v) is 3.95. The molecule has 0 fully saturated rings. The van der Waals surface area contributed by atoms with Gasteiger partial charge in [-0.3, -0.25) is 0 Å². The van der Waals surface area contributed by atoms with Crippen LogP contribution in [0.4, 0.5) is 5.69 Å². The Labute approximate surface area is 165 Å². The van der Waals surface area contributed by atoms with E-state index in [1.807, 2.05) is 35.9 Å². The maximum absolute atomic E-state index is 12.1. The summed E-state index contributed by atoms with van der Waals surface area (Å²) in [6, 6.07) is 13.7. The van der Waals surface area contributed by atoms with Crippen LogP contribution in [0, 0.1) is 6.92 Å². The zero-order chi connectivity index (χ0) is 19.0. The van der Waals surface area contributed by atoms with E-state index < -0.39 is 0 Å². The Hall–Kier alpha value is -2.67. The quantitative estimate of drug-likeness (QED) is 0.630. The number of halogens is 1. The van der Waals surface area contributed by atoms with Crippen molar-refractivity contribution in [2.24, 2.45) is 0 Å². The number of benzene rings is 2. The molecule has 1 N–H and O–H groups in total. The Kier molecular flexibility index (Phi) is 4.70. The van der Waals surface area contributed by atoms with Crippen molar-refractivity contribution < 1.29 is 9.53 Å². The van der Waals surface area contributed by atoms with E-state index >= 15 is 0 Å². The predicted octanol–water partition coefficient (Wildman–Crippen LogP) is 4.36. The summed E-state index contributed by atoms with van der Waals surface area (Å²) in [6.07, 6.45) is 0.814. The van der Waals surface area contributed by atoms with E-state index in [1.54, 1.807) is 6.07 Å². The van der Waals surface area contributed by atoms with E-state index in [4.69, 9.17) is 4.74 Å². The topological polar surface area (TPSA) is 69.0 Å². The molecule has 2 heterocycles. The highest BCUT2D eigenvalue weighted by Crippen LogP contribution is 2.38. The fourth-order valence-electron chi connectivity index (χ4n) is 3.57. The number of aromatic nitrogens is 3. The number of carbonyl (C=O) groups excluding carboxylic acids is 1. The van der Waals surface area contributed by atoms with Gasteiger partial charge in [0.25, 0.3) is 0 Å². The van der Waals surface area contributed by atoms with Crippen LogP contribution in [0.2, 0.25) is 0 Å². The molecule has 0 spiro atoms. The van der Waals surface area contributed by atoms with Crippen LogP contribution in [-0.4, -0.2) is 28.1 Å². The number of fused-ring (bicyclic) bond motifs is 3. The molecule has 1 atom stereocenters. The van der Waals surface area contributed by atoms with Crippen LogP contribution in [0.25, 0.3) is 11.3 Å². The number of anilines is 1. The molecule has 0 aliphatic carbocycles. The molecular weight excluding hydrogens is 408 g/mol. The first-order valence-corrected chi connectivity index (χ1v) is 9.51. The second kappa shape index (κ2) is 7.15. The van der Waals surface area contributed by atoms with Gasteiger partial charge in [-0.05, 0) is 43.2 Å². The summed E-state index contributed by atoms with van der Waals surface area (Å²) >= 11 is 3.59. The number of hydrogen-bond acceptors (Lipinski definition) is 5. The Morgan fingerprint density at radius 1 is 1.30 bits per heavy atom. The summed E-state index contributed by atoms with van der Waals surface area (Å²) in [6.45, 7) is 2.71.